The summed E-state index contributed by atoms with van der Waals surface area (Å²) >= 11 is 0. The molecule has 132 valence electrons. The minimum absolute atomic E-state index is 0.0359. The van der Waals surface area contributed by atoms with Crippen molar-refractivity contribution in [2.45, 2.75) is 19.4 Å². The molecule has 1 aliphatic rings. The molecule has 1 amide bonds. The average molecular weight is 352 g/mol. The molecule has 2 unspecified atom stereocenters. The van der Waals surface area contributed by atoms with Crippen LogP contribution < -0.4 is 5.32 Å². The fourth-order valence-corrected chi connectivity index (χ4v) is 3.09. The van der Waals surface area contributed by atoms with Crippen LogP contribution in [0.25, 0.3) is 0 Å². The normalized spacial score (nSPS) is 19.7. The van der Waals surface area contributed by atoms with Crippen LogP contribution in [0, 0.1) is 23.0 Å². The van der Waals surface area contributed by atoms with Crippen LogP contribution in [0.15, 0.2) is 48.5 Å². The van der Waals surface area contributed by atoms with E-state index in [1.807, 2.05) is 6.07 Å². The summed E-state index contributed by atoms with van der Waals surface area (Å²) in [6.07, 6.45) is -0.0359. The summed E-state index contributed by atoms with van der Waals surface area (Å²) in [7, 11) is 0. The van der Waals surface area contributed by atoms with E-state index in [2.05, 4.69) is 5.32 Å². The number of hydrogen-bond donors (Lipinski definition) is 1. The van der Waals surface area contributed by atoms with Gasteiger partial charge in [0.25, 0.3) is 5.69 Å². The van der Waals surface area contributed by atoms with Crippen molar-refractivity contribution in [1.82, 2.24) is 5.32 Å². The summed E-state index contributed by atoms with van der Waals surface area (Å²) in [4.78, 5) is 48.2. The highest BCUT2D eigenvalue weighted by Gasteiger charge is 2.42. The lowest BCUT2D eigenvalue weighted by Crippen LogP contribution is -2.48. The molecule has 1 heterocycles. The van der Waals surface area contributed by atoms with E-state index in [4.69, 9.17) is 0 Å². The van der Waals surface area contributed by atoms with E-state index in [0.717, 1.165) is 5.56 Å². The Morgan fingerprint density at radius 2 is 1.85 bits per heavy atom. The lowest BCUT2D eigenvalue weighted by Gasteiger charge is -2.27. The lowest BCUT2D eigenvalue weighted by atomic mass is 9.84. The van der Waals surface area contributed by atoms with Gasteiger partial charge in [-0.2, -0.15) is 0 Å². The van der Waals surface area contributed by atoms with Crippen molar-refractivity contribution in [3.63, 3.8) is 0 Å². The second-order valence-electron chi connectivity index (χ2n) is 6.22. The molecule has 26 heavy (non-hydrogen) atoms. The number of benzene rings is 2. The molecule has 0 saturated carbocycles. The first kappa shape index (κ1) is 17.5. The minimum Gasteiger partial charge on any atom is -0.348 e. The number of rotatable bonds is 4. The number of nitrogens with zero attached hydrogens (tertiary/aromatic N) is 1. The highest BCUT2D eigenvalue weighted by Crippen LogP contribution is 2.29. The summed E-state index contributed by atoms with van der Waals surface area (Å²) in [6, 6.07) is 12.5. The predicted molar refractivity (Wildman–Crippen MR) is 92.6 cm³/mol. The number of Topliss-reactive ketones (excluding diaryl/α,β-unsaturated/α-hetero) is 2. The number of carbonyl (C=O) groups is 3. The number of nitro benzene ring substituents is 1. The van der Waals surface area contributed by atoms with Gasteiger partial charge in [-0.3, -0.25) is 24.5 Å². The Kier molecular flexibility index (Phi) is 4.62. The van der Waals surface area contributed by atoms with Crippen molar-refractivity contribution >= 4 is 23.2 Å². The Hall–Kier alpha value is -3.35. The zero-order valence-electron chi connectivity index (χ0n) is 14.0. The monoisotopic (exact) mass is 352 g/mol. The van der Waals surface area contributed by atoms with Crippen LogP contribution in [0.3, 0.4) is 0 Å². The molecular formula is C19H16N2O5. The number of carbonyl (C=O) groups excluding carboxylic acids is 3. The Bertz CT molecular complexity index is 889. The number of aryl methyl sites for hydroxylation is 1. The van der Waals surface area contributed by atoms with Crippen molar-refractivity contribution < 1.29 is 19.3 Å². The molecule has 2 atom stereocenters. The van der Waals surface area contributed by atoms with E-state index in [0.29, 0.717) is 5.56 Å². The minimum atomic E-state index is -1.56. The third kappa shape index (κ3) is 3.23. The summed E-state index contributed by atoms with van der Waals surface area (Å²) < 4.78 is 0. The van der Waals surface area contributed by atoms with Crippen molar-refractivity contribution in [3.8, 4) is 0 Å². The topological polar surface area (TPSA) is 106 Å². The quantitative estimate of drug-likeness (QED) is 0.394. The number of nitro groups is 1. The standard InChI is InChI=1S/C19H16N2O5/c1-11-7-8-15(21(25)26)13(9-11)18(23)17-16(22)10-14(20-19(17)24)12-5-3-2-4-6-12/h2-9,14,17H,10H2,1H3,(H,20,24). The van der Waals surface area contributed by atoms with Crippen molar-refractivity contribution in [2.24, 2.45) is 5.92 Å². The van der Waals surface area contributed by atoms with Gasteiger partial charge in [0.1, 0.15) is 0 Å². The molecule has 2 aromatic rings. The molecular weight excluding hydrogens is 336 g/mol. The Morgan fingerprint density at radius 1 is 1.15 bits per heavy atom. The molecule has 2 aromatic carbocycles. The van der Waals surface area contributed by atoms with Gasteiger partial charge in [0.05, 0.1) is 16.5 Å². The highest BCUT2D eigenvalue weighted by molar-refractivity contribution is 6.25. The molecule has 1 N–H and O–H groups in total. The summed E-state index contributed by atoms with van der Waals surface area (Å²) in [6.45, 7) is 1.68. The van der Waals surface area contributed by atoms with E-state index in [1.165, 1.54) is 18.2 Å². The number of piperidine rings is 1. The Balaban J connectivity index is 1.90. The van der Waals surface area contributed by atoms with E-state index in [9.17, 15) is 24.5 Å². The Morgan fingerprint density at radius 3 is 2.46 bits per heavy atom. The molecule has 7 nitrogen and oxygen atoms in total. The molecule has 1 fully saturated rings. The lowest BCUT2D eigenvalue weighted by molar-refractivity contribution is -0.385. The van der Waals surface area contributed by atoms with Crippen LogP contribution in [0.4, 0.5) is 5.69 Å². The maximum Gasteiger partial charge on any atom is 0.280 e. The van der Waals surface area contributed by atoms with Gasteiger partial charge in [0.15, 0.2) is 17.5 Å². The zero-order valence-corrected chi connectivity index (χ0v) is 14.0. The first-order valence-electron chi connectivity index (χ1n) is 8.06. The first-order chi connectivity index (χ1) is 12.4. The van der Waals surface area contributed by atoms with Gasteiger partial charge >= 0.3 is 0 Å². The second kappa shape index (κ2) is 6.87. The molecule has 1 aliphatic heterocycles. The third-order valence-corrected chi connectivity index (χ3v) is 4.38. The largest absolute Gasteiger partial charge is 0.348 e. The van der Waals surface area contributed by atoms with Crippen molar-refractivity contribution in [3.05, 3.63) is 75.3 Å². The number of amides is 1. The molecule has 0 bridgehead atoms. The second-order valence-corrected chi connectivity index (χ2v) is 6.22. The van der Waals surface area contributed by atoms with Crippen LogP contribution >= 0.6 is 0 Å². The van der Waals surface area contributed by atoms with Gasteiger partial charge < -0.3 is 5.32 Å². The maximum atomic E-state index is 12.8. The first-order valence-corrected chi connectivity index (χ1v) is 8.06. The SMILES string of the molecule is Cc1ccc([N+](=O)[O-])c(C(=O)C2C(=O)CC(c3ccccc3)NC2=O)c1. The number of hydrogen-bond acceptors (Lipinski definition) is 5. The highest BCUT2D eigenvalue weighted by atomic mass is 16.6. The van der Waals surface area contributed by atoms with Gasteiger partial charge in [-0.25, -0.2) is 0 Å². The van der Waals surface area contributed by atoms with E-state index in [-0.39, 0.29) is 12.0 Å². The van der Waals surface area contributed by atoms with Gasteiger partial charge in [-0.1, -0.05) is 36.4 Å². The smallest absolute Gasteiger partial charge is 0.280 e. The fourth-order valence-electron chi connectivity index (χ4n) is 3.09. The number of ketones is 2. The van der Waals surface area contributed by atoms with Gasteiger partial charge in [-0.05, 0) is 24.1 Å². The van der Waals surface area contributed by atoms with Crippen LogP contribution in [0.2, 0.25) is 0 Å². The number of nitrogens with one attached hydrogen (secondary N) is 1. The molecule has 0 radical (unpaired) electrons. The molecule has 0 aromatic heterocycles. The summed E-state index contributed by atoms with van der Waals surface area (Å²) in [5.74, 6) is -3.66. The molecule has 1 saturated heterocycles. The van der Waals surface area contributed by atoms with Crippen LogP contribution in [-0.4, -0.2) is 22.4 Å². The molecule has 0 spiro atoms. The van der Waals surface area contributed by atoms with Gasteiger partial charge in [0.2, 0.25) is 5.91 Å². The molecule has 3 rings (SSSR count). The van der Waals surface area contributed by atoms with E-state index in [1.54, 1.807) is 31.2 Å². The third-order valence-electron chi connectivity index (χ3n) is 4.38. The predicted octanol–water partition coefficient (Wildman–Crippen LogP) is 2.53. The summed E-state index contributed by atoms with van der Waals surface area (Å²) in [5.41, 5.74) is 0.763. The van der Waals surface area contributed by atoms with Gasteiger partial charge in [-0.15, -0.1) is 0 Å². The fraction of sp³-hybridized carbons (Fsp3) is 0.211. The van der Waals surface area contributed by atoms with E-state index < -0.39 is 40.0 Å². The summed E-state index contributed by atoms with van der Waals surface area (Å²) in [5, 5.41) is 13.9. The average Bonchev–Trinajstić information content (AvgIpc) is 2.61. The van der Waals surface area contributed by atoms with Crippen LogP contribution in [-0.2, 0) is 9.59 Å². The molecule has 7 heteroatoms. The maximum absolute atomic E-state index is 12.8. The zero-order chi connectivity index (χ0) is 18.8. The molecule has 0 aliphatic carbocycles. The van der Waals surface area contributed by atoms with Crippen molar-refractivity contribution in [1.29, 1.82) is 0 Å². The van der Waals surface area contributed by atoms with Crippen molar-refractivity contribution in [2.75, 3.05) is 0 Å². The van der Waals surface area contributed by atoms with E-state index >= 15 is 0 Å². The van der Waals surface area contributed by atoms with Crippen LogP contribution in [0.5, 0.6) is 0 Å². The van der Waals surface area contributed by atoms with Crippen LogP contribution in [0.1, 0.15) is 33.9 Å². The van der Waals surface area contributed by atoms with Gasteiger partial charge in [0, 0.05) is 12.5 Å². The Labute approximate surface area is 149 Å².